The highest BCUT2D eigenvalue weighted by atomic mass is 16.5. The third kappa shape index (κ3) is 4.50. The van der Waals surface area contributed by atoms with E-state index in [2.05, 4.69) is 51.8 Å². The number of nitrogens with one attached hydrogen (secondary N) is 1. The first-order valence-electron chi connectivity index (χ1n) is 9.96. The zero-order valence-electron chi connectivity index (χ0n) is 18.6. The summed E-state index contributed by atoms with van der Waals surface area (Å²) in [5, 5.41) is 4.63. The van der Waals surface area contributed by atoms with Gasteiger partial charge >= 0.3 is 0 Å². The van der Waals surface area contributed by atoms with Crippen LogP contribution in [0.4, 0.5) is 5.95 Å². The van der Waals surface area contributed by atoms with Crippen molar-refractivity contribution in [2.45, 2.75) is 60.0 Å². The lowest BCUT2D eigenvalue weighted by Gasteiger charge is -2.20. The van der Waals surface area contributed by atoms with Crippen molar-refractivity contribution in [1.82, 2.24) is 24.8 Å². The Kier molecular flexibility index (Phi) is 5.80. The zero-order valence-corrected chi connectivity index (χ0v) is 18.6. The number of hydrogen-bond acceptors (Lipinski definition) is 6. The van der Waals surface area contributed by atoms with Crippen LogP contribution >= 0.6 is 0 Å². The molecule has 3 aromatic heterocycles. The molecular weight excluding hydrogens is 364 g/mol. The molecule has 0 saturated heterocycles. The van der Waals surface area contributed by atoms with E-state index >= 15 is 0 Å². The highest BCUT2D eigenvalue weighted by Gasteiger charge is 2.17. The molecule has 3 aromatic rings. The van der Waals surface area contributed by atoms with Crippen LogP contribution in [-0.2, 0) is 13.0 Å². The van der Waals surface area contributed by atoms with Gasteiger partial charge in [0.15, 0.2) is 0 Å². The zero-order chi connectivity index (χ0) is 21.3. The minimum atomic E-state index is 0.0772. The van der Waals surface area contributed by atoms with Crippen molar-refractivity contribution < 1.29 is 4.74 Å². The number of ether oxygens (including phenoxy) is 1. The standard InChI is InChI=1S/C22H32N6O/c1-13-10-24-17(14(2)19(13)29-7)12-28-11-16(8-9-25-22(4,5)6)18-15(3)26-21(23)27-20(18)28/h10-11,25H,8-9,12H2,1-7H3,(H2,23,26,27). The lowest BCUT2D eigenvalue weighted by molar-refractivity contribution is 0.406. The number of nitrogen functional groups attached to an aromatic ring is 1. The Hall–Kier alpha value is -2.67. The highest BCUT2D eigenvalue weighted by Crippen LogP contribution is 2.28. The smallest absolute Gasteiger partial charge is 0.222 e. The van der Waals surface area contributed by atoms with Gasteiger partial charge in [0.05, 0.1) is 25.0 Å². The average Bonchev–Trinajstić information content (AvgIpc) is 2.94. The molecule has 0 atom stereocenters. The summed E-state index contributed by atoms with van der Waals surface area (Å²) in [6.45, 7) is 14.0. The number of nitrogens with zero attached hydrogens (tertiary/aromatic N) is 4. The first-order valence-corrected chi connectivity index (χ1v) is 9.96. The highest BCUT2D eigenvalue weighted by molar-refractivity contribution is 5.84. The maximum atomic E-state index is 5.97. The van der Waals surface area contributed by atoms with Gasteiger partial charge in [0, 0.05) is 34.4 Å². The van der Waals surface area contributed by atoms with Gasteiger partial charge in [0.2, 0.25) is 5.95 Å². The van der Waals surface area contributed by atoms with E-state index in [-0.39, 0.29) is 5.54 Å². The van der Waals surface area contributed by atoms with E-state index < -0.39 is 0 Å². The topological polar surface area (TPSA) is 90.9 Å². The van der Waals surface area contributed by atoms with Crippen LogP contribution in [0.1, 0.15) is 48.8 Å². The van der Waals surface area contributed by atoms with E-state index in [4.69, 9.17) is 10.5 Å². The fraction of sp³-hybridized carbons (Fsp3) is 0.500. The maximum Gasteiger partial charge on any atom is 0.222 e. The maximum absolute atomic E-state index is 5.97. The Bertz CT molecular complexity index is 1030. The predicted octanol–water partition coefficient (Wildman–Crippen LogP) is 3.32. The van der Waals surface area contributed by atoms with Crippen LogP contribution in [0.25, 0.3) is 11.0 Å². The monoisotopic (exact) mass is 396 g/mol. The van der Waals surface area contributed by atoms with Gasteiger partial charge in [-0.2, -0.15) is 4.98 Å². The molecule has 0 saturated carbocycles. The van der Waals surface area contributed by atoms with Crippen molar-refractivity contribution in [3.05, 3.63) is 40.5 Å². The first kappa shape index (κ1) is 21.0. The van der Waals surface area contributed by atoms with Gasteiger partial charge < -0.3 is 20.4 Å². The molecular formula is C22H32N6O. The van der Waals surface area contributed by atoms with E-state index in [1.54, 1.807) is 7.11 Å². The minimum absolute atomic E-state index is 0.0772. The van der Waals surface area contributed by atoms with Crippen molar-refractivity contribution in [2.75, 3.05) is 19.4 Å². The summed E-state index contributed by atoms with van der Waals surface area (Å²) in [5.41, 5.74) is 12.0. The van der Waals surface area contributed by atoms with Crippen molar-refractivity contribution in [2.24, 2.45) is 0 Å². The summed E-state index contributed by atoms with van der Waals surface area (Å²) < 4.78 is 7.69. The third-order valence-corrected chi connectivity index (χ3v) is 5.11. The van der Waals surface area contributed by atoms with E-state index in [1.165, 1.54) is 5.56 Å². The second kappa shape index (κ2) is 7.99. The number of anilines is 1. The number of aromatic nitrogens is 4. The molecule has 0 aliphatic rings. The Morgan fingerprint density at radius 3 is 2.55 bits per heavy atom. The first-order chi connectivity index (χ1) is 13.6. The number of aryl methyl sites for hydroxylation is 2. The van der Waals surface area contributed by atoms with Crippen molar-refractivity contribution >= 4 is 17.0 Å². The van der Waals surface area contributed by atoms with E-state index in [1.807, 2.05) is 27.0 Å². The molecule has 0 fully saturated rings. The summed E-state index contributed by atoms with van der Waals surface area (Å²) in [5.74, 6) is 1.17. The van der Waals surface area contributed by atoms with Gasteiger partial charge in [-0.1, -0.05) is 0 Å². The van der Waals surface area contributed by atoms with Gasteiger partial charge in [-0.3, -0.25) is 4.98 Å². The lowest BCUT2D eigenvalue weighted by Crippen LogP contribution is -2.37. The third-order valence-electron chi connectivity index (χ3n) is 5.11. The predicted molar refractivity (Wildman–Crippen MR) is 118 cm³/mol. The van der Waals surface area contributed by atoms with Gasteiger partial charge in [-0.15, -0.1) is 0 Å². The molecule has 0 spiro atoms. The molecule has 29 heavy (non-hydrogen) atoms. The average molecular weight is 397 g/mol. The number of fused-ring (bicyclic) bond motifs is 1. The van der Waals surface area contributed by atoms with Crippen molar-refractivity contribution in [1.29, 1.82) is 0 Å². The minimum Gasteiger partial charge on any atom is -0.496 e. The number of nitrogens with two attached hydrogens (primary N) is 1. The Labute approximate surface area is 172 Å². The Morgan fingerprint density at radius 2 is 1.90 bits per heavy atom. The van der Waals surface area contributed by atoms with Crippen molar-refractivity contribution in [3.8, 4) is 5.75 Å². The molecule has 0 unspecified atom stereocenters. The quantitative estimate of drug-likeness (QED) is 0.664. The molecule has 3 N–H and O–H groups in total. The second-order valence-electron chi connectivity index (χ2n) is 8.62. The summed E-state index contributed by atoms with van der Waals surface area (Å²) in [4.78, 5) is 13.6. The molecule has 7 nitrogen and oxygen atoms in total. The van der Waals surface area contributed by atoms with Crippen LogP contribution in [0.2, 0.25) is 0 Å². The number of pyridine rings is 1. The Balaban J connectivity index is 2.02. The number of methoxy groups -OCH3 is 1. The summed E-state index contributed by atoms with van der Waals surface area (Å²) in [7, 11) is 1.70. The van der Waals surface area contributed by atoms with Gasteiger partial charge in [-0.05, 0) is 60.1 Å². The van der Waals surface area contributed by atoms with E-state index in [9.17, 15) is 0 Å². The van der Waals surface area contributed by atoms with Gasteiger partial charge in [0.25, 0.3) is 0 Å². The van der Waals surface area contributed by atoms with Crippen LogP contribution in [0.3, 0.4) is 0 Å². The Morgan fingerprint density at radius 1 is 1.17 bits per heavy atom. The lowest BCUT2D eigenvalue weighted by atomic mass is 10.1. The molecule has 3 heterocycles. The fourth-order valence-electron chi connectivity index (χ4n) is 3.75. The van der Waals surface area contributed by atoms with Crippen LogP contribution in [0.15, 0.2) is 12.4 Å². The largest absolute Gasteiger partial charge is 0.496 e. The molecule has 156 valence electrons. The molecule has 0 aliphatic carbocycles. The van der Waals surface area contributed by atoms with E-state index in [0.29, 0.717) is 12.5 Å². The molecule has 0 aliphatic heterocycles. The van der Waals surface area contributed by atoms with Crippen LogP contribution in [0, 0.1) is 20.8 Å². The second-order valence-corrected chi connectivity index (χ2v) is 8.62. The summed E-state index contributed by atoms with van der Waals surface area (Å²) in [6, 6.07) is 0. The van der Waals surface area contributed by atoms with Crippen LogP contribution < -0.4 is 15.8 Å². The van der Waals surface area contributed by atoms with Gasteiger partial charge in [0.1, 0.15) is 11.4 Å². The normalized spacial score (nSPS) is 12.0. The molecule has 0 aromatic carbocycles. The molecule has 7 heteroatoms. The summed E-state index contributed by atoms with van der Waals surface area (Å²) in [6.07, 6.45) is 4.90. The summed E-state index contributed by atoms with van der Waals surface area (Å²) >= 11 is 0. The number of rotatable bonds is 6. The molecule has 0 bridgehead atoms. The van der Waals surface area contributed by atoms with E-state index in [0.717, 1.165) is 52.3 Å². The fourth-order valence-corrected chi connectivity index (χ4v) is 3.75. The van der Waals surface area contributed by atoms with Gasteiger partial charge in [-0.25, -0.2) is 4.98 Å². The number of hydrogen-bond donors (Lipinski definition) is 2. The molecule has 0 amide bonds. The van der Waals surface area contributed by atoms with Crippen LogP contribution in [0.5, 0.6) is 5.75 Å². The molecule has 0 radical (unpaired) electrons. The van der Waals surface area contributed by atoms with Crippen LogP contribution in [-0.4, -0.2) is 38.7 Å². The SMILES string of the molecule is COc1c(C)cnc(Cn2cc(CCNC(C)(C)C)c3c(C)nc(N)nc32)c1C. The van der Waals surface area contributed by atoms with Crippen molar-refractivity contribution in [3.63, 3.8) is 0 Å². The molecule has 3 rings (SSSR count).